The minimum Gasteiger partial charge on any atom is -0.350 e. The molecular formula is C20H23N3O2. The molecule has 0 radical (unpaired) electrons. The van der Waals surface area contributed by atoms with Crippen LogP contribution in [0.15, 0.2) is 54.6 Å². The maximum Gasteiger partial charge on any atom is 0.251 e. The Balaban J connectivity index is 1.63. The van der Waals surface area contributed by atoms with E-state index < -0.39 is 5.54 Å². The summed E-state index contributed by atoms with van der Waals surface area (Å²) < 4.78 is 0. The van der Waals surface area contributed by atoms with Crippen LogP contribution >= 0.6 is 0 Å². The van der Waals surface area contributed by atoms with Crippen LogP contribution in [0, 0.1) is 0 Å². The Hall–Kier alpha value is -2.66. The highest BCUT2D eigenvalue weighted by molar-refractivity contribution is 5.94. The number of nitrogens with one attached hydrogen (secondary N) is 2. The second kappa shape index (κ2) is 7.07. The molecule has 1 aliphatic carbocycles. The van der Waals surface area contributed by atoms with Crippen LogP contribution in [-0.4, -0.2) is 17.9 Å². The molecule has 0 spiro atoms. The molecule has 4 N–H and O–H groups in total. The van der Waals surface area contributed by atoms with E-state index in [-0.39, 0.29) is 11.8 Å². The Labute approximate surface area is 147 Å². The van der Waals surface area contributed by atoms with Crippen LogP contribution in [-0.2, 0) is 16.9 Å². The van der Waals surface area contributed by atoms with Gasteiger partial charge >= 0.3 is 0 Å². The summed E-state index contributed by atoms with van der Waals surface area (Å²) in [5, 5.41) is 5.82. The largest absolute Gasteiger partial charge is 0.350 e. The first-order valence-electron chi connectivity index (χ1n) is 8.49. The fourth-order valence-electron chi connectivity index (χ4n) is 2.60. The van der Waals surface area contributed by atoms with Crippen LogP contribution < -0.4 is 16.4 Å². The molecule has 0 aliphatic heterocycles. The molecule has 0 heterocycles. The zero-order valence-corrected chi connectivity index (χ0v) is 14.3. The van der Waals surface area contributed by atoms with Crippen molar-refractivity contribution in [1.29, 1.82) is 0 Å². The Kier molecular flexibility index (Phi) is 4.86. The highest BCUT2D eigenvalue weighted by Gasteiger charge is 2.30. The lowest BCUT2D eigenvalue weighted by atomic mass is 9.92. The molecule has 130 valence electrons. The second-order valence-corrected chi connectivity index (χ2v) is 6.70. The van der Waals surface area contributed by atoms with Gasteiger partial charge in [-0.05, 0) is 43.0 Å². The van der Waals surface area contributed by atoms with Gasteiger partial charge < -0.3 is 16.4 Å². The summed E-state index contributed by atoms with van der Waals surface area (Å²) in [7, 11) is 0. The third-order valence-electron chi connectivity index (χ3n) is 4.40. The van der Waals surface area contributed by atoms with E-state index in [1.807, 2.05) is 42.5 Å². The fraction of sp³-hybridized carbons (Fsp3) is 0.300. The van der Waals surface area contributed by atoms with Crippen LogP contribution in [0.1, 0.15) is 41.3 Å². The van der Waals surface area contributed by atoms with Gasteiger partial charge in [-0.15, -0.1) is 0 Å². The first-order chi connectivity index (χ1) is 12.0. The van der Waals surface area contributed by atoms with Gasteiger partial charge in [-0.2, -0.15) is 0 Å². The summed E-state index contributed by atoms with van der Waals surface area (Å²) in [6.45, 7) is 2.01. The summed E-state index contributed by atoms with van der Waals surface area (Å²) in [6, 6.07) is 16.9. The lowest BCUT2D eigenvalue weighted by Crippen LogP contribution is -2.48. The van der Waals surface area contributed by atoms with Crippen molar-refractivity contribution in [3.8, 4) is 0 Å². The average molecular weight is 337 g/mol. The summed E-state index contributed by atoms with van der Waals surface area (Å²) >= 11 is 0. The second-order valence-electron chi connectivity index (χ2n) is 6.70. The normalized spacial score (nSPS) is 15.9. The molecule has 0 aromatic heterocycles. The van der Waals surface area contributed by atoms with Crippen molar-refractivity contribution in [2.24, 2.45) is 5.73 Å². The first kappa shape index (κ1) is 17.2. The van der Waals surface area contributed by atoms with Crippen molar-refractivity contribution in [2.45, 2.75) is 37.9 Å². The lowest BCUT2D eigenvalue weighted by molar-refractivity contribution is -0.126. The molecule has 0 saturated heterocycles. The van der Waals surface area contributed by atoms with Crippen molar-refractivity contribution in [2.75, 3.05) is 0 Å². The number of carbonyl (C=O) groups excluding carboxylic acids is 2. The number of nitrogens with two attached hydrogens (primary N) is 1. The molecule has 5 heteroatoms. The van der Waals surface area contributed by atoms with Gasteiger partial charge in [0, 0.05) is 18.2 Å². The quantitative estimate of drug-likeness (QED) is 0.754. The highest BCUT2D eigenvalue weighted by atomic mass is 16.2. The van der Waals surface area contributed by atoms with Gasteiger partial charge in [-0.1, -0.05) is 42.5 Å². The van der Waals surface area contributed by atoms with Gasteiger partial charge in [-0.3, -0.25) is 9.59 Å². The predicted octanol–water partition coefficient (Wildman–Crippen LogP) is 2.07. The highest BCUT2D eigenvalue weighted by Crippen LogP contribution is 2.20. The number of carbonyl (C=O) groups is 2. The Morgan fingerprint density at radius 2 is 1.84 bits per heavy atom. The zero-order chi connectivity index (χ0) is 17.9. The van der Waals surface area contributed by atoms with Crippen LogP contribution in [0.2, 0.25) is 0 Å². The summed E-state index contributed by atoms with van der Waals surface area (Å²) in [5.41, 5.74) is 7.33. The zero-order valence-electron chi connectivity index (χ0n) is 14.3. The third-order valence-corrected chi connectivity index (χ3v) is 4.40. The topological polar surface area (TPSA) is 84.2 Å². The minimum atomic E-state index is -1.11. The van der Waals surface area contributed by atoms with Crippen LogP contribution in [0.4, 0.5) is 0 Å². The van der Waals surface area contributed by atoms with Gasteiger partial charge in [0.05, 0.1) is 0 Å². The van der Waals surface area contributed by atoms with E-state index in [4.69, 9.17) is 5.73 Å². The third kappa shape index (κ3) is 4.25. The van der Waals surface area contributed by atoms with Gasteiger partial charge in [0.25, 0.3) is 5.91 Å². The number of rotatable bonds is 6. The van der Waals surface area contributed by atoms with E-state index >= 15 is 0 Å². The van der Waals surface area contributed by atoms with Crippen molar-refractivity contribution < 1.29 is 9.59 Å². The van der Waals surface area contributed by atoms with Crippen molar-refractivity contribution in [3.05, 3.63) is 71.3 Å². The number of hydrogen-bond donors (Lipinski definition) is 3. The van der Waals surface area contributed by atoms with Gasteiger partial charge in [0.1, 0.15) is 5.54 Å². The van der Waals surface area contributed by atoms with Crippen molar-refractivity contribution >= 4 is 11.8 Å². The Bertz CT molecular complexity index is 768. The van der Waals surface area contributed by atoms with E-state index in [2.05, 4.69) is 10.6 Å². The molecule has 3 rings (SSSR count). The number of benzene rings is 2. The lowest BCUT2D eigenvalue weighted by Gasteiger charge is -2.24. The molecule has 25 heavy (non-hydrogen) atoms. The smallest absolute Gasteiger partial charge is 0.251 e. The van der Waals surface area contributed by atoms with Crippen LogP contribution in [0.3, 0.4) is 0 Å². The maximum atomic E-state index is 12.5. The maximum absolute atomic E-state index is 12.5. The predicted molar refractivity (Wildman–Crippen MR) is 96.8 cm³/mol. The summed E-state index contributed by atoms with van der Waals surface area (Å²) in [6.07, 6.45) is 2.10. The molecular weight excluding hydrogens is 314 g/mol. The number of amides is 2. The van der Waals surface area contributed by atoms with E-state index in [0.717, 1.165) is 24.0 Å². The van der Waals surface area contributed by atoms with Crippen LogP contribution in [0.25, 0.3) is 0 Å². The van der Waals surface area contributed by atoms with Crippen molar-refractivity contribution in [1.82, 2.24) is 10.6 Å². The van der Waals surface area contributed by atoms with Crippen LogP contribution in [0.5, 0.6) is 0 Å². The molecule has 0 bridgehead atoms. The monoisotopic (exact) mass is 337 g/mol. The molecule has 1 saturated carbocycles. The Morgan fingerprint density at radius 3 is 2.52 bits per heavy atom. The molecule has 5 nitrogen and oxygen atoms in total. The molecule has 2 amide bonds. The fourth-order valence-corrected chi connectivity index (χ4v) is 2.60. The summed E-state index contributed by atoms with van der Waals surface area (Å²) in [5.74, 6) is -0.324. The Morgan fingerprint density at radius 1 is 1.12 bits per heavy atom. The van der Waals surface area contributed by atoms with E-state index in [0.29, 0.717) is 18.2 Å². The standard InChI is InChI=1S/C20H23N3O2/c1-20(21,16-8-3-2-4-9-16)19(25)22-13-14-6-5-7-15(12-14)18(24)23-17-10-11-17/h2-9,12,17H,10-11,13,21H2,1H3,(H,22,25)(H,23,24). The van der Waals surface area contributed by atoms with Gasteiger partial charge in [0.15, 0.2) is 0 Å². The molecule has 1 fully saturated rings. The van der Waals surface area contributed by atoms with E-state index in [1.54, 1.807) is 19.1 Å². The van der Waals surface area contributed by atoms with E-state index in [9.17, 15) is 9.59 Å². The minimum absolute atomic E-state index is 0.0661. The molecule has 1 aliphatic rings. The molecule has 2 aromatic rings. The SMILES string of the molecule is CC(N)(C(=O)NCc1cccc(C(=O)NC2CC2)c1)c1ccccc1. The number of hydrogen-bond acceptors (Lipinski definition) is 3. The molecule has 2 aromatic carbocycles. The first-order valence-corrected chi connectivity index (χ1v) is 8.49. The molecule has 1 unspecified atom stereocenters. The van der Waals surface area contributed by atoms with E-state index in [1.165, 1.54) is 0 Å². The molecule has 1 atom stereocenters. The van der Waals surface area contributed by atoms with Gasteiger partial charge in [0.2, 0.25) is 5.91 Å². The van der Waals surface area contributed by atoms with Crippen molar-refractivity contribution in [3.63, 3.8) is 0 Å². The average Bonchev–Trinajstić information content (AvgIpc) is 3.44. The summed E-state index contributed by atoms with van der Waals surface area (Å²) in [4.78, 5) is 24.6. The van der Waals surface area contributed by atoms with Gasteiger partial charge in [-0.25, -0.2) is 0 Å².